The zero-order chi connectivity index (χ0) is 12.0. The Labute approximate surface area is 98.8 Å². The Morgan fingerprint density at radius 1 is 1.35 bits per heavy atom. The summed E-state index contributed by atoms with van der Waals surface area (Å²) in [4.78, 5) is 24.3. The van der Waals surface area contributed by atoms with Crippen molar-refractivity contribution >= 4 is 17.6 Å². The van der Waals surface area contributed by atoms with E-state index in [1.807, 2.05) is 18.2 Å². The van der Waals surface area contributed by atoms with E-state index in [9.17, 15) is 9.59 Å². The first-order valence-corrected chi connectivity index (χ1v) is 5.58. The first-order valence-electron chi connectivity index (χ1n) is 5.58. The standard InChI is InChI=1S/C12H13N3O2/c1-15-6-10(14-12(15)17)7-2-3-9-8(4-7)5-11(16)13-9/h2-4,10H,5-6H2,1H3,(H,13,16)(H,14,17). The summed E-state index contributed by atoms with van der Waals surface area (Å²) in [6.45, 7) is 0.666. The van der Waals surface area contributed by atoms with Crippen LogP contribution in [0.2, 0.25) is 0 Å². The molecule has 1 aromatic carbocycles. The lowest BCUT2D eigenvalue weighted by molar-refractivity contribution is -0.115. The molecule has 5 heteroatoms. The van der Waals surface area contributed by atoms with Gasteiger partial charge in [-0.1, -0.05) is 12.1 Å². The van der Waals surface area contributed by atoms with Crippen LogP contribution >= 0.6 is 0 Å². The molecule has 3 amide bonds. The van der Waals surface area contributed by atoms with Gasteiger partial charge in [-0.2, -0.15) is 0 Å². The Bertz CT molecular complexity index is 512. The molecule has 2 aliphatic heterocycles. The van der Waals surface area contributed by atoms with Crippen LogP contribution in [0.4, 0.5) is 10.5 Å². The van der Waals surface area contributed by atoms with Gasteiger partial charge in [0.05, 0.1) is 12.5 Å². The van der Waals surface area contributed by atoms with Gasteiger partial charge in [0.1, 0.15) is 0 Å². The number of urea groups is 1. The predicted octanol–water partition coefficient (Wildman–Crippen LogP) is 0.877. The first kappa shape index (κ1) is 10.1. The minimum atomic E-state index is -0.0512. The smallest absolute Gasteiger partial charge is 0.317 e. The Morgan fingerprint density at radius 2 is 2.18 bits per heavy atom. The second-order valence-corrected chi connectivity index (χ2v) is 4.52. The van der Waals surface area contributed by atoms with Gasteiger partial charge in [0, 0.05) is 19.3 Å². The van der Waals surface area contributed by atoms with Crippen LogP contribution in [0.25, 0.3) is 0 Å². The number of hydrogen-bond acceptors (Lipinski definition) is 2. The van der Waals surface area contributed by atoms with E-state index in [0.29, 0.717) is 13.0 Å². The molecule has 88 valence electrons. The molecular weight excluding hydrogens is 218 g/mol. The van der Waals surface area contributed by atoms with Crippen molar-refractivity contribution in [1.82, 2.24) is 10.2 Å². The van der Waals surface area contributed by atoms with Gasteiger partial charge in [-0.3, -0.25) is 4.79 Å². The summed E-state index contributed by atoms with van der Waals surface area (Å²) < 4.78 is 0. The molecule has 17 heavy (non-hydrogen) atoms. The second-order valence-electron chi connectivity index (χ2n) is 4.52. The number of anilines is 1. The van der Waals surface area contributed by atoms with Crippen LogP contribution in [0.3, 0.4) is 0 Å². The Balaban J connectivity index is 1.88. The van der Waals surface area contributed by atoms with Crippen molar-refractivity contribution in [1.29, 1.82) is 0 Å². The zero-order valence-corrected chi connectivity index (χ0v) is 9.49. The molecule has 0 bridgehead atoms. The number of nitrogens with one attached hydrogen (secondary N) is 2. The first-order chi connectivity index (χ1) is 8.13. The fourth-order valence-electron chi connectivity index (χ4n) is 2.32. The van der Waals surface area contributed by atoms with E-state index in [4.69, 9.17) is 0 Å². The number of likely N-dealkylation sites (N-methyl/N-ethyl adjacent to an activating group) is 1. The third-order valence-corrected chi connectivity index (χ3v) is 3.26. The molecule has 0 aromatic heterocycles. The molecule has 1 atom stereocenters. The molecule has 0 saturated carbocycles. The highest BCUT2D eigenvalue weighted by Gasteiger charge is 2.28. The maximum atomic E-state index is 11.4. The Morgan fingerprint density at radius 3 is 2.88 bits per heavy atom. The van der Waals surface area contributed by atoms with Crippen molar-refractivity contribution in [3.05, 3.63) is 29.3 Å². The molecule has 1 unspecified atom stereocenters. The maximum Gasteiger partial charge on any atom is 0.317 e. The van der Waals surface area contributed by atoms with E-state index < -0.39 is 0 Å². The van der Waals surface area contributed by atoms with Crippen LogP contribution in [0.15, 0.2) is 18.2 Å². The van der Waals surface area contributed by atoms with Crippen LogP contribution in [-0.4, -0.2) is 30.4 Å². The van der Waals surface area contributed by atoms with Gasteiger partial charge in [-0.25, -0.2) is 4.79 Å². The van der Waals surface area contributed by atoms with Crippen molar-refractivity contribution in [2.45, 2.75) is 12.5 Å². The van der Waals surface area contributed by atoms with Crippen LogP contribution in [0.5, 0.6) is 0 Å². The Hall–Kier alpha value is -2.04. The molecule has 0 radical (unpaired) electrons. The lowest BCUT2D eigenvalue weighted by Crippen LogP contribution is -2.23. The average Bonchev–Trinajstić information content (AvgIpc) is 2.80. The second kappa shape index (κ2) is 3.48. The summed E-state index contributed by atoms with van der Waals surface area (Å²) in [6.07, 6.45) is 0.430. The van der Waals surface area contributed by atoms with Gasteiger partial charge in [-0.05, 0) is 17.2 Å². The summed E-state index contributed by atoms with van der Waals surface area (Å²) in [5.41, 5.74) is 2.95. The Kier molecular flexibility index (Phi) is 2.07. The van der Waals surface area contributed by atoms with E-state index in [1.54, 1.807) is 11.9 Å². The van der Waals surface area contributed by atoms with E-state index in [0.717, 1.165) is 16.8 Å². The number of benzene rings is 1. The normalized spacial score (nSPS) is 22.4. The van der Waals surface area contributed by atoms with E-state index in [1.165, 1.54) is 0 Å². The number of carbonyl (C=O) groups excluding carboxylic acids is 2. The molecule has 5 nitrogen and oxygen atoms in total. The summed E-state index contributed by atoms with van der Waals surface area (Å²) in [5, 5.41) is 5.70. The molecule has 2 heterocycles. The van der Waals surface area contributed by atoms with Crippen molar-refractivity contribution < 1.29 is 9.59 Å². The predicted molar refractivity (Wildman–Crippen MR) is 62.7 cm³/mol. The van der Waals surface area contributed by atoms with Crippen LogP contribution in [0.1, 0.15) is 17.2 Å². The van der Waals surface area contributed by atoms with Gasteiger partial charge in [0.25, 0.3) is 0 Å². The fourth-order valence-corrected chi connectivity index (χ4v) is 2.32. The highest BCUT2D eigenvalue weighted by Crippen LogP contribution is 2.28. The highest BCUT2D eigenvalue weighted by atomic mass is 16.2. The summed E-state index contributed by atoms with van der Waals surface area (Å²) in [5.74, 6) is 0.0322. The van der Waals surface area contributed by atoms with Crippen LogP contribution in [-0.2, 0) is 11.2 Å². The summed E-state index contributed by atoms with van der Waals surface area (Å²) >= 11 is 0. The van der Waals surface area contributed by atoms with Crippen molar-refractivity contribution in [2.75, 3.05) is 18.9 Å². The van der Waals surface area contributed by atoms with Crippen LogP contribution in [0, 0.1) is 0 Å². The third kappa shape index (κ3) is 1.63. The van der Waals surface area contributed by atoms with Crippen molar-refractivity contribution in [2.24, 2.45) is 0 Å². The lowest BCUT2D eigenvalue weighted by atomic mass is 10.0. The van der Waals surface area contributed by atoms with Gasteiger partial charge < -0.3 is 15.5 Å². The maximum absolute atomic E-state index is 11.4. The van der Waals surface area contributed by atoms with Crippen molar-refractivity contribution in [3.63, 3.8) is 0 Å². The molecule has 1 aromatic rings. The minimum absolute atomic E-state index is 0.0218. The third-order valence-electron chi connectivity index (χ3n) is 3.26. The summed E-state index contributed by atoms with van der Waals surface area (Å²) in [6, 6.07) is 5.82. The number of hydrogen-bond donors (Lipinski definition) is 2. The quantitative estimate of drug-likeness (QED) is 0.753. The molecular formula is C12H13N3O2. The number of carbonyl (C=O) groups is 2. The monoisotopic (exact) mass is 231 g/mol. The molecule has 0 aliphatic carbocycles. The number of nitrogens with zero attached hydrogens (tertiary/aromatic N) is 1. The molecule has 2 N–H and O–H groups in total. The fraction of sp³-hybridized carbons (Fsp3) is 0.333. The molecule has 0 spiro atoms. The molecule has 2 aliphatic rings. The molecule has 3 rings (SSSR count). The zero-order valence-electron chi connectivity index (χ0n) is 9.49. The van der Waals surface area contributed by atoms with E-state index in [2.05, 4.69) is 10.6 Å². The summed E-state index contributed by atoms with van der Waals surface area (Å²) in [7, 11) is 1.77. The largest absolute Gasteiger partial charge is 0.329 e. The van der Waals surface area contributed by atoms with Gasteiger partial charge in [0.15, 0.2) is 0 Å². The van der Waals surface area contributed by atoms with E-state index in [-0.39, 0.29) is 18.0 Å². The van der Waals surface area contributed by atoms with E-state index >= 15 is 0 Å². The highest BCUT2D eigenvalue weighted by molar-refractivity contribution is 5.99. The average molecular weight is 231 g/mol. The topological polar surface area (TPSA) is 61.4 Å². The minimum Gasteiger partial charge on any atom is -0.329 e. The van der Waals surface area contributed by atoms with Gasteiger partial charge in [0.2, 0.25) is 5.91 Å². The number of amides is 3. The SMILES string of the molecule is CN1CC(c2ccc3c(c2)CC(=O)N3)NC1=O. The molecule has 1 saturated heterocycles. The number of rotatable bonds is 1. The van der Waals surface area contributed by atoms with Crippen LogP contribution < -0.4 is 10.6 Å². The van der Waals surface area contributed by atoms with Gasteiger partial charge >= 0.3 is 6.03 Å². The van der Waals surface area contributed by atoms with Crippen molar-refractivity contribution in [3.8, 4) is 0 Å². The lowest BCUT2D eigenvalue weighted by Gasteiger charge is -2.11. The number of fused-ring (bicyclic) bond motifs is 1. The molecule has 1 fully saturated rings. The van der Waals surface area contributed by atoms with Gasteiger partial charge in [-0.15, -0.1) is 0 Å².